The van der Waals surface area contributed by atoms with Gasteiger partial charge in [0.05, 0.1) is 10.9 Å². The highest BCUT2D eigenvalue weighted by molar-refractivity contribution is 6.33. The monoisotopic (exact) mass is 294 g/mol. The van der Waals surface area contributed by atoms with Crippen LogP contribution >= 0.6 is 11.6 Å². The molecule has 0 spiro atoms. The molecular weight excluding hydrogens is 283 g/mol. The average molecular weight is 295 g/mol. The lowest BCUT2D eigenvalue weighted by atomic mass is 9.96. The maximum atomic E-state index is 13.0. The fraction of sp³-hybridized carbons (Fsp3) is 0.133. The molecule has 2 rings (SSSR count). The van der Waals surface area contributed by atoms with Crippen LogP contribution in [0.3, 0.4) is 0 Å². The third-order valence-corrected chi connectivity index (χ3v) is 3.43. The van der Waals surface area contributed by atoms with E-state index >= 15 is 0 Å². The molecular formula is C15H12ClFO3. The standard InChI is InChI=1S/C15H12ClFO3/c1-8(15(19)20)9-2-4-12(14(18)6-9)11-5-3-10(17)7-13(11)16/h2-8,18H,1H3,(H,19,20). The van der Waals surface area contributed by atoms with Crippen LogP contribution in [0.5, 0.6) is 5.75 Å². The number of carboxylic acid groups (broad SMARTS) is 1. The normalized spacial score (nSPS) is 12.2. The number of carboxylic acids is 1. The molecule has 2 aromatic carbocycles. The van der Waals surface area contributed by atoms with Gasteiger partial charge < -0.3 is 10.2 Å². The van der Waals surface area contributed by atoms with E-state index in [0.29, 0.717) is 16.7 Å². The number of hydrogen-bond donors (Lipinski definition) is 2. The van der Waals surface area contributed by atoms with Crippen LogP contribution in [-0.2, 0) is 4.79 Å². The van der Waals surface area contributed by atoms with E-state index in [1.807, 2.05) is 0 Å². The van der Waals surface area contributed by atoms with Gasteiger partial charge in [-0.25, -0.2) is 4.39 Å². The van der Waals surface area contributed by atoms with E-state index in [-0.39, 0.29) is 10.8 Å². The number of halogens is 2. The molecule has 0 aliphatic heterocycles. The Bertz CT molecular complexity index is 670. The van der Waals surface area contributed by atoms with Crippen molar-refractivity contribution < 1.29 is 19.4 Å². The minimum atomic E-state index is -0.975. The van der Waals surface area contributed by atoms with Gasteiger partial charge in [0.25, 0.3) is 0 Å². The van der Waals surface area contributed by atoms with Gasteiger partial charge in [-0.2, -0.15) is 0 Å². The zero-order chi connectivity index (χ0) is 14.9. The Labute approximate surface area is 120 Å². The fourth-order valence-corrected chi connectivity index (χ4v) is 2.17. The van der Waals surface area contributed by atoms with E-state index in [2.05, 4.69) is 0 Å². The van der Waals surface area contributed by atoms with E-state index in [4.69, 9.17) is 16.7 Å². The van der Waals surface area contributed by atoms with Crippen LogP contribution in [0.25, 0.3) is 11.1 Å². The van der Waals surface area contributed by atoms with Gasteiger partial charge in [-0.3, -0.25) is 4.79 Å². The summed E-state index contributed by atoms with van der Waals surface area (Å²) < 4.78 is 13.0. The highest BCUT2D eigenvalue weighted by Crippen LogP contribution is 2.36. The van der Waals surface area contributed by atoms with Crippen molar-refractivity contribution in [3.63, 3.8) is 0 Å². The van der Waals surface area contributed by atoms with Gasteiger partial charge in [-0.15, -0.1) is 0 Å². The second-order valence-electron chi connectivity index (χ2n) is 4.46. The van der Waals surface area contributed by atoms with Crippen molar-refractivity contribution in [2.75, 3.05) is 0 Å². The van der Waals surface area contributed by atoms with Gasteiger partial charge in [0.2, 0.25) is 0 Å². The summed E-state index contributed by atoms with van der Waals surface area (Å²) in [4.78, 5) is 10.9. The first-order valence-electron chi connectivity index (χ1n) is 5.91. The largest absolute Gasteiger partial charge is 0.507 e. The SMILES string of the molecule is CC(C(=O)O)c1ccc(-c2ccc(F)cc2Cl)c(O)c1. The topological polar surface area (TPSA) is 57.5 Å². The lowest BCUT2D eigenvalue weighted by molar-refractivity contribution is -0.138. The Kier molecular flexibility index (Phi) is 3.95. The third kappa shape index (κ3) is 2.75. The molecule has 1 unspecified atom stereocenters. The Hall–Kier alpha value is -2.07. The van der Waals surface area contributed by atoms with Gasteiger partial charge >= 0.3 is 5.97 Å². The van der Waals surface area contributed by atoms with Crippen LogP contribution in [0.2, 0.25) is 5.02 Å². The number of aromatic hydroxyl groups is 1. The summed E-state index contributed by atoms with van der Waals surface area (Å²) in [6.07, 6.45) is 0. The Morgan fingerprint density at radius 2 is 1.85 bits per heavy atom. The molecule has 2 aromatic rings. The molecule has 0 saturated carbocycles. The van der Waals surface area contributed by atoms with Crippen molar-refractivity contribution >= 4 is 17.6 Å². The summed E-state index contributed by atoms with van der Waals surface area (Å²) in [6, 6.07) is 8.43. The molecule has 0 aromatic heterocycles. The van der Waals surface area contributed by atoms with Crippen LogP contribution in [0, 0.1) is 5.82 Å². The molecule has 2 N–H and O–H groups in total. The third-order valence-electron chi connectivity index (χ3n) is 3.11. The number of aliphatic carboxylic acids is 1. The molecule has 0 fully saturated rings. The van der Waals surface area contributed by atoms with Crippen molar-refractivity contribution in [2.24, 2.45) is 0 Å². The van der Waals surface area contributed by atoms with Crippen LogP contribution in [-0.4, -0.2) is 16.2 Å². The molecule has 20 heavy (non-hydrogen) atoms. The molecule has 104 valence electrons. The summed E-state index contributed by atoms with van der Waals surface area (Å²) in [5, 5.41) is 19.1. The number of phenolic OH excluding ortho intramolecular Hbond substituents is 1. The number of benzene rings is 2. The second-order valence-corrected chi connectivity index (χ2v) is 4.87. The fourth-order valence-electron chi connectivity index (χ4n) is 1.90. The maximum Gasteiger partial charge on any atom is 0.310 e. The van der Waals surface area contributed by atoms with Gasteiger partial charge in [0.15, 0.2) is 0 Å². The second kappa shape index (κ2) is 5.51. The molecule has 3 nitrogen and oxygen atoms in total. The Morgan fingerprint density at radius 1 is 1.20 bits per heavy atom. The maximum absolute atomic E-state index is 13.0. The van der Waals surface area contributed by atoms with Crippen molar-refractivity contribution in [1.29, 1.82) is 0 Å². The van der Waals surface area contributed by atoms with Gasteiger partial charge in [0, 0.05) is 11.1 Å². The van der Waals surface area contributed by atoms with Gasteiger partial charge in [-0.1, -0.05) is 23.7 Å². The van der Waals surface area contributed by atoms with E-state index < -0.39 is 17.7 Å². The van der Waals surface area contributed by atoms with Crippen LogP contribution in [0.1, 0.15) is 18.4 Å². The molecule has 1 atom stereocenters. The minimum Gasteiger partial charge on any atom is -0.507 e. The Morgan fingerprint density at radius 3 is 2.40 bits per heavy atom. The molecule has 0 bridgehead atoms. The summed E-state index contributed by atoms with van der Waals surface area (Å²) >= 11 is 5.94. The molecule has 0 radical (unpaired) electrons. The highest BCUT2D eigenvalue weighted by atomic mass is 35.5. The first-order chi connectivity index (χ1) is 9.40. The Balaban J connectivity index is 2.47. The minimum absolute atomic E-state index is 0.0934. The molecule has 0 amide bonds. The molecule has 0 aliphatic carbocycles. The van der Waals surface area contributed by atoms with Gasteiger partial charge in [-0.05, 0) is 36.8 Å². The number of hydrogen-bond acceptors (Lipinski definition) is 2. The van der Waals surface area contributed by atoms with Crippen molar-refractivity contribution in [3.8, 4) is 16.9 Å². The highest BCUT2D eigenvalue weighted by Gasteiger charge is 2.16. The van der Waals surface area contributed by atoms with Crippen molar-refractivity contribution in [2.45, 2.75) is 12.8 Å². The molecule has 0 aliphatic rings. The van der Waals surface area contributed by atoms with E-state index in [1.54, 1.807) is 12.1 Å². The average Bonchev–Trinajstić information content (AvgIpc) is 2.38. The quantitative estimate of drug-likeness (QED) is 0.898. The molecule has 0 heterocycles. The van der Waals surface area contributed by atoms with Crippen LogP contribution in [0.15, 0.2) is 36.4 Å². The number of carbonyl (C=O) groups is 1. The summed E-state index contributed by atoms with van der Waals surface area (Å²) in [5.41, 5.74) is 1.40. The van der Waals surface area contributed by atoms with Crippen molar-refractivity contribution in [1.82, 2.24) is 0 Å². The van der Waals surface area contributed by atoms with E-state index in [0.717, 1.165) is 6.07 Å². The van der Waals surface area contributed by atoms with Crippen LogP contribution < -0.4 is 0 Å². The lowest BCUT2D eigenvalue weighted by Gasteiger charge is -2.11. The number of rotatable bonds is 3. The van der Waals surface area contributed by atoms with Gasteiger partial charge in [0.1, 0.15) is 11.6 Å². The lowest BCUT2D eigenvalue weighted by Crippen LogP contribution is -2.07. The summed E-state index contributed by atoms with van der Waals surface area (Å²) in [5.74, 6) is -2.26. The predicted molar refractivity (Wildman–Crippen MR) is 74.6 cm³/mol. The van der Waals surface area contributed by atoms with Crippen molar-refractivity contribution in [3.05, 3.63) is 52.8 Å². The zero-order valence-corrected chi connectivity index (χ0v) is 11.4. The summed E-state index contributed by atoms with van der Waals surface area (Å²) in [6.45, 7) is 1.53. The zero-order valence-electron chi connectivity index (χ0n) is 10.6. The van der Waals surface area contributed by atoms with E-state index in [1.165, 1.54) is 25.1 Å². The molecule has 5 heteroatoms. The predicted octanol–water partition coefficient (Wildman–Crippen LogP) is 4.04. The number of phenols is 1. The van der Waals surface area contributed by atoms with Crippen LogP contribution in [0.4, 0.5) is 4.39 Å². The first-order valence-corrected chi connectivity index (χ1v) is 6.29. The first kappa shape index (κ1) is 14.3. The smallest absolute Gasteiger partial charge is 0.310 e. The summed E-state index contributed by atoms with van der Waals surface area (Å²) in [7, 11) is 0. The molecule has 0 saturated heterocycles. The van der Waals surface area contributed by atoms with E-state index in [9.17, 15) is 14.3 Å².